The largest absolute Gasteiger partial charge is 0.356 e. The number of carbonyl (C=O) groups is 1. The van der Waals surface area contributed by atoms with Crippen molar-refractivity contribution in [3.05, 3.63) is 0 Å². The number of carbonyl (C=O) groups excluding carboxylic acids is 1. The summed E-state index contributed by atoms with van der Waals surface area (Å²) in [5.74, 6) is 0.138. The minimum Gasteiger partial charge on any atom is -0.356 e. The van der Waals surface area contributed by atoms with Gasteiger partial charge in [0.25, 0.3) is 0 Å². The van der Waals surface area contributed by atoms with Crippen LogP contribution in [0.4, 0.5) is 0 Å². The molecule has 0 atom stereocenters. The van der Waals surface area contributed by atoms with E-state index >= 15 is 0 Å². The van der Waals surface area contributed by atoms with Crippen LogP contribution in [-0.4, -0.2) is 26.0 Å². The number of hydrogen-bond donors (Lipinski definition) is 2. The van der Waals surface area contributed by atoms with E-state index < -0.39 is 0 Å². The summed E-state index contributed by atoms with van der Waals surface area (Å²) in [5, 5.41) is 5.84. The molecule has 78 valence electrons. The van der Waals surface area contributed by atoms with Gasteiger partial charge in [-0.15, -0.1) is 0 Å². The van der Waals surface area contributed by atoms with E-state index in [0.717, 1.165) is 19.5 Å². The van der Waals surface area contributed by atoms with E-state index in [2.05, 4.69) is 31.4 Å². The number of nitrogens with one attached hydrogen (secondary N) is 2. The maximum absolute atomic E-state index is 11.1. The summed E-state index contributed by atoms with van der Waals surface area (Å²) in [6.07, 6.45) is 1.60. The molecule has 0 radical (unpaired) electrons. The predicted octanol–water partition coefficient (Wildman–Crippen LogP) is 1.15. The van der Waals surface area contributed by atoms with Crippen LogP contribution in [0.5, 0.6) is 0 Å². The second-order valence-electron chi connectivity index (χ2n) is 4.51. The monoisotopic (exact) mass is 186 g/mol. The van der Waals surface area contributed by atoms with Crippen molar-refractivity contribution >= 4 is 5.91 Å². The first-order valence-corrected chi connectivity index (χ1v) is 4.87. The van der Waals surface area contributed by atoms with Crippen LogP contribution >= 0.6 is 0 Å². The smallest absolute Gasteiger partial charge is 0.221 e. The van der Waals surface area contributed by atoms with Crippen molar-refractivity contribution in [2.24, 2.45) is 5.41 Å². The second-order valence-corrected chi connectivity index (χ2v) is 4.51. The first-order valence-electron chi connectivity index (χ1n) is 4.87. The van der Waals surface area contributed by atoms with E-state index in [4.69, 9.17) is 0 Å². The Bertz CT molecular complexity index is 149. The Morgan fingerprint density at radius 1 is 1.23 bits per heavy atom. The molecule has 0 saturated carbocycles. The first-order chi connectivity index (χ1) is 5.95. The lowest BCUT2D eigenvalue weighted by atomic mass is 9.92. The third kappa shape index (κ3) is 9.34. The van der Waals surface area contributed by atoms with E-state index in [9.17, 15) is 4.79 Å². The summed E-state index contributed by atoms with van der Waals surface area (Å²) in [6, 6.07) is 0. The number of amides is 1. The molecule has 0 aromatic heterocycles. The molecule has 1 amide bonds. The maximum Gasteiger partial charge on any atom is 0.221 e. The fourth-order valence-corrected chi connectivity index (χ4v) is 0.904. The van der Waals surface area contributed by atoms with Gasteiger partial charge in [-0.25, -0.2) is 0 Å². The quantitative estimate of drug-likeness (QED) is 0.676. The fraction of sp³-hybridized carbons (Fsp3) is 0.900. The van der Waals surface area contributed by atoms with Crippen LogP contribution in [-0.2, 0) is 4.79 Å². The Hall–Kier alpha value is -0.570. The van der Waals surface area contributed by atoms with Crippen LogP contribution in [0.1, 0.15) is 33.6 Å². The molecule has 3 heteroatoms. The normalized spacial score (nSPS) is 11.4. The van der Waals surface area contributed by atoms with E-state index in [1.54, 1.807) is 0 Å². The van der Waals surface area contributed by atoms with Gasteiger partial charge in [-0.2, -0.15) is 0 Å². The van der Waals surface area contributed by atoms with Crippen LogP contribution in [0.15, 0.2) is 0 Å². The van der Waals surface area contributed by atoms with Gasteiger partial charge in [-0.3, -0.25) is 4.79 Å². The first kappa shape index (κ1) is 12.4. The van der Waals surface area contributed by atoms with Gasteiger partial charge in [0.05, 0.1) is 0 Å². The van der Waals surface area contributed by atoms with E-state index in [1.165, 1.54) is 0 Å². The van der Waals surface area contributed by atoms with E-state index in [1.807, 2.05) is 7.05 Å². The summed E-state index contributed by atoms with van der Waals surface area (Å²) in [7, 11) is 1.85. The Morgan fingerprint density at radius 2 is 1.85 bits per heavy atom. The highest BCUT2D eigenvalue weighted by Gasteiger charge is 2.09. The van der Waals surface area contributed by atoms with Gasteiger partial charge in [0.2, 0.25) is 5.91 Å². The third-order valence-electron chi connectivity index (χ3n) is 1.80. The molecule has 0 rings (SSSR count). The van der Waals surface area contributed by atoms with Gasteiger partial charge in [0.15, 0.2) is 0 Å². The van der Waals surface area contributed by atoms with Crippen molar-refractivity contribution in [2.45, 2.75) is 33.6 Å². The second kappa shape index (κ2) is 5.97. The predicted molar refractivity (Wildman–Crippen MR) is 55.6 cm³/mol. The van der Waals surface area contributed by atoms with Gasteiger partial charge in [-0.05, 0) is 18.9 Å². The topological polar surface area (TPSA) is 41.1 Å². The molecule has 0 aliphatic rings. The van der Waals surface area contributed by atoms with E-state index in [0.29, 0.717) is 11.8 Å². The molecule has 0 saturated heterocycles. The molecule has 0 aromatic rings. The molecule has 13 heavy (non-hydrogen) atoms. The number of rotatable bonds is 5. The molecule has 0 fully saturated rings. The molecule has 2 N–H and O–H groups in total. The SMILES string of the molecule is CNCCC(=O)NCCC(C)(C)C. The minimum atomic E-state index is 0.138. The van der Waals surface area contributed by atoms with Gasteiger partial charge >= 0.3 is 0 Å². The molecule has 0 heterocycles. The molecular weight excluding hydrogens is 164 g/mol. The van der Waals surface area contributed by atoms with Crippen molar-refractivity contribution in [2.75, 3.05) is 20.1 Å². The zero-order valence-corrected chi connectivity index (χ0v) is 9.24. The molecular formula is C10H22N2O. The van der Waals surface area contributed by atoms with Crippen molar-refractivity contribution in [1.29, 1.82) is 0 Å². The van der Waals surface area contributed by atoms with Gasteiger partial charge in [0.1, 0.15) is 0 Å². The van der Waals surface area contributed by atoms with E-state index in [-0.39, 0.29) is 5.91 Å². The van der Waals surface area contributed by atoms with Crippen LogP contribution < -0.4 is 10.6 Å². The molecule has 0 bridgehead atoms. The molecule has 3 nitrogen and oxygen atoms in total. The lowest BCUT2D eigenvalue weighted by Gasteiger charge is -2.17. The summed E-state index contributed by atoms with van der Waals surface area (Å²) in [5.41, 5.74) is 0.302. The van der Waals surface area contributed by atoms with Crippen molar-refractivity contribution in [3.8, 4) is 0 Å². The van der Waals surface area contributed by atoms with Crippen molar-refractivity contribution in [1.82, 2.24) is 10.6 Å². The van der Waals surface area contributed by atoms with Gasteiger partial charge < -0.3 is 10.6 Å². The van der Waals surface area contributed by atoms with Crippen LogP contribution in [0.2, 0.25) is 0 Å². The standard InChI is InChI=1S/C10H22N2O/c1-10(2,3)6-8-12-9(13)5-7-11-4/h11H,5-8H2,1-4H3,(H,12,13). The lowest BCUT2D eigenvalue weighted by Crippen LogP contribution is -2.29. The zero-order valence-electron chi connectivity index (χ0n) is 9.24. The maximum atomic E-state index is 11.1. The highest BCUT2D eigenvalue weighted by atomic mass is 16.1. The Balaban J connectivity index is 3.37. The highest BCUT2D eigenvalue weighted by Crippen LogP contribution is 2.16. The summed E-state index contributed by atoms with van der Waals surface area (Å²) < 4.78 is 0. The van der Waals surface area contributed by atoms with Gasteiger partial charge in [0, 0.05) is 19.5 Å². The van der Waals surface area contributed by atoms with Crippen LogP contribution in [0.3, 0.4) is 0 Å². The highest BCUT2D eigenvalue weighted by molar-refractivity contribution is 5.75. The molecule has 0 spiro atoms. The summed E-state index contributed by atoms with van der Waals surface area (Å²) >= 11 is 0. The summed E-state index contributed by atoms with van der Waals surface area (Å²) in [4.78, 5) is 11.1. The van der Waals surface area contributed by atoms with Crippen molar-refractivity contribution in [3.63, 3.8) is 0 Å². The third-order valence-corrected chi connectivity index (χ3v) is 1.80. The minimum absolute atomic E-state index is 0.138. The van der Waals surface area contributed by atoms with Crippen LogP contribution in [0, 0.1) is 5.41 Å². The Labute approximate surface area is 81.3 Å². The Morgan fingerprint density at radius 3 is 2.31 bits per heavy atom. The molecule has 0 unspecified atom stereocenters. The Kier molecular flexibility index (Phi) is 5.71. The van der Waals surface area contributed by atoms with Crippen LogP contribution in [0.25, 0.3) is 0 Å². The average molecular weight is 186 g/mol. The number of hydrogen-bond acceptors (Lipinski definition) is 2. The van der Waals surface area contributed by atoms with Gasteiger partial charge in [-0.1, -0.05) is 20.8 Å². The molecule has 0 aliphatic carbocycles. The zero-order chi connectivity index (χ0) is 10.3. The van der Waals surface area contributed by atoms with Crippen molar-refractivity contribution < 1.29 is 4.79 Å². The average Bonchev–Trinajstić information content (AvgIpc) is 1.98. The summed E-state index contributed by atoms with van der Waals surface area (Å²) in [6.45, 7) is 8.06. The molecule has 0 aliphatic heterocycles. The molecule has 0 aromatic carbocycles. The lowest BCUT2D eigenvalue weighted by molar-refractivity contribution is -0.121. The fourth-order valence-electron chi connectivity index (χ4n) is 0.904.